The van der Waals surface area contributed by atoms with E-state index in [1.165, 1.54) is 22.8 Å². The highest BCUT2D eigenvalue weighted by molar-refractivity contribution is 6.30. The smallest absolute Gasteiger partial charge is 0.296 e. The fourth-order valence-corrected chi connectivity index (χ4v) is 2.96. The summed E-state index contributed by atoms with van der Waals surface area (Å²) in [5, 5.41) is 12.9. The number of halogens is 2. The minimum atomic E-state index is -0.890. The second-order valence-corrected chi connectivity index (χ2v) is 6.80. The van der Waals surface area contributed by atoms with Gasteiger partial charge in [0, 0.05) is 17.1 Å². The molecule has 0 fully saturated rings. The third-order valence-electron chi connectivity index (χ3n) is 4.12. The van der Waals surface area contributed by atoms with Crippen LogP contribution in [0.15, 0.2) is 23.0 Å². The highest BCUT2D eigenvalue weighted by Crippen LogP contribution is 2.27. The fraction of sp³-hybridized carbons (Fsp3) is 0.353. The van der Waals surface area contributed by atoms with Crippen LogP contribution in [-0.2, 0) is 23.4 Å². The van der Waals surface area contributed by atoms with E-state index in [1.807, 2.05) is 0 Å². The number of ether oxygens (including phenoxy) is 1. The van der Waals surface area contributed by atoms with Gasteiger partial charge in [-0.25, -0.2) is 9.37 Å². The fourth-order valence-electron chi connectivity index (χ4n) is 2.76. The zero-order chi connectivity index (χ0) is 19.1. The number of hydrogen-bond donors (Lipinski definition) is 2. The van der Waals surface area contributed by atoms with E-state index in [9.17, 15) is 19.1 Å². The number of carbonyl (C=O) groups excluding carboxylic acids is 1. The van der Waals surface area contributed by atoms with E-state index in [0.717, 1.165) is 0 Å². The summed E-state index contributed by atoms with van der Waals surface area (Å²) in [5.41, 5.74) is -1.87. The number of rotatable bonds is 3. The lowest BCUT2D eigenvalue weighted by molar-refractivity contribution is -0.0566. The Bertz CT molecular complexity index is 942. The monoisotopic (exact) mass is 381 g/mol. The largest absolute Gasteiger partial charge is 0.501 e. The molecule has 2 heterocycles. The summed E-state index contributed by atoms with van der Waals surface area (Å²) >= 11 is 5.82. The number of benzene rings is 1. The molecule has 1 aliphatic rings. The lowest BCUT2D eigenvalue weighted by atomic mass is 10.1. The van der Waals surface area contributed by atoms with Gasteiger partial charge in [0.2, 0.25) is 5.75 Å². The Morgan fingerprint density at radius 1 is 1.50 bits per heavy atom. The van der Waals surface area contributed by atoms with Crippen LogP contribution in [0.4, 0.5) is 4.39 Å². The number of amides is 1. The van der Waals surface area contributed by atoms with E-state index in [0.29, 0.717) is 11.6 Å². The number of hydrogen-bond acceptors (Lipinski definition) is 5. The molecule has 7 nitrogen and oxygen atoms in total. The first-order chi connectivity index (χ1) is 12.2. The number of aromatic nitrogens is 2. The lowest BCUT2D eigenvalue weighted by Crippen LogP contribution is -2.42. The molecule has 0 saturated heterocycles. The number of aromatic hydroxyl groups is 1. The van der Waals surface area contributed by atoms with Crippen molar-refractivity contribution >= 4 is 17.5 Å². The minimum Gasteiger partial charge on any atom is -0.501 e. The number of nitrogens with zero attached hydrogens (tertiary/aromatic N) is 2. The van der Waals surface area contributed by atoms with Gasteiger partial charge >= 0.3 is 0 Å². The van der Waals surface area contributed by atoms with Crippen LogP contribution in [0.25, 0.3) is 0 Å². The standard InChI is InChI=1S/C17H17ClFN3O4/c1-17(2)16-21-12(13(23)15(25)22(16)5-6-26-17)14(24)20-8-9-7-10(18)3-4-11(9)19/h3-4,7,23H,5-6,8H2,1-2H3,(H,20,24). The molecule has 1 amide bonds. The second kappa shape index (κ2) is 6.69. The first kappa shape index (κ1) is 18.3. The van der Waals surface area contributed by atoms with E-state index in [-0.39, 0.29) is 24.5 Å². The molecule has 0 atom stereocenters. The zero-order valence-corrected chi connectivity index (χ0v) is 14.9. The maximum Gasteiger partial charge on any atom is 0.296 e. The minimum absolute atomic E-state index is 0.170. The van der Waals surface area contributed by atoms with E-state index >= 15 is 0 Å². The summed E-state index contributed by atoms with van der Waals surface area (Å²) in [6.07, 6.45) is 0. The van der Waals surface area contributed by atoms with Gasteiger partial charge in [0.05, 0.1) is 13.2 Å². The average molecular weight is 382 g/mol. The normalized spacial score (nSPS) is 15.4. The molecule has 1 aromatic heterocycles. The molecule has 0 saturated carbocycles. The van der Waals surface area contributed by atoms with Crippen molar-refractivity contribution in [1.29, 1.82) is 0 Å². The Hall–Kier alpha value is -2.45. The molecule has 0 bridgehead atoms. The molecule has 2 aromatic rings. The van der Waals surface area contributed by atoms with E-state index in [4.69, 9.17) is 16.3 Å². The molecule has 138 valence electrons. The SMILES string of the molecule is CC1(C)OCCn2c1nc(C(=O)NCc1cc(Cl)ccc1F)c(O)c2=O. The Kier molecular flexibility index (Phi) is 4.72. The Morgan fingerprint density at radius 3 is 2.96 bits per heavy atom. The second-order valence-electron chi connectivity index (χ2n) is 6.37. The maximum absolute atomic E-state index is 13.7. The maximum atomic E-state index is 13.7. The first-order valence-electron chi connectivity index (χ1n) is 7.91. The summed E-state index contributed by atoms with van der Waals surface area (Å²) < 4.78 is 20.6. The Labute approximate surface area is 153 Å². The third-order valence-corrected chi connectivity index (χ3v) is 4.36. The third kappa shape index (κ3) is 3.30. The number of fused-ring (bicyclic) bond motifs is 1. The number of carbonyl (C=O) groups is 1. The predicted octanol–water partition coefficient (Wildman–Crippen LogP) is 1.94. The van der Waals surface area contributed by atoms with Gasteiger partial charge in [0.1, 0.15) is 17.2 Å². The molecular weight excluding hydrogens is 365 g/mol. The van der Waals surface area contributed by atoms with Gasteiger partial charge in [0.15, 0.2) is 5.69 Å². The van der Waals surface area contributed by atoms with Crippen LogP contribution in [0.2, 0.25) is 5.02 Å². The van der Waals surface area contributed by atoms with Gasteiger partial charge in [0.25, 0.3) is 11.5 Å². The van der Waals surface area contributed by atoms with Crippen molar-refractivity contribution in [3.8, 4) is 5.75 Å². The van der Waals surface area contributed by atoms with Gasteiger partial charge in [-0.2, -0.15) is 0 Å². The van der Waals surface area contributed by atoms with Crippen LogP contribution in [0, 0.1) is 5.82 Å². The molecule has 2 N–H and O–H groups in total. The lowest BCUT2D eigenvalue weighted by Gasteiger charge is -2.32. The molecule has 1 aromatic carbocycles. The van der Waals surface area contributed by atoms with Crippen molar-refractivity contribution in [3.63, 3.8) is 0 Å². The molecule has 0 radical (unpaired) electrons. The molecule has 0 spiro atoms. The van der Waals surface area contributed by atoms with Gasteiger partial charge in [-0.3, -0.25) is 14.2 Å². The number of nitrogens with one attached hydrogen (secondary N) is 1. The quantitative estimate of drug-likeness (QED) is 0.847. The van der Waals surface area contributed by atoms with Crippen LogP contribution in [0.5, 0.6) is 5.75 Å². The van der Waals surface area contributed by atoms with Crippen LogP contribution in [0.1, 0.15) is 35.7 Å². The van der Waals surface area contributed by atoms with Gasteiger partial charge in [-0.1, -0.05) is 11.6 Å². The molecule has 0 unspecified atom stereocenters. The van der Waals surface area contributed by atoms with Gasteiger partial charge in [-0.15, -0.1) is 0 Å². The molecular formula is C17H17ClFN3O4. The molecule has 26 heavy (non-hydrogen) atoms. The highest BCUT2D eigenvalue weighted by Gasteiger charge is 2.34. The van der Waals surface area contributed by atoms with Crippen molar-refractivity contribution in [1.82, 2.24) is 14.9 Å². The van der Waals surface area contributed by atoms with Gasteiger partial charge in [-0.05, 0) is 32.0 Å². The molecule has 0 aliphatic carbocycles. The Morgan fingerprint density at radius 2 is 2.23 bits per heavy atom. The van der Waals surface area contributed by atoms with Crippen molar-refractivity contribution in [2.24, 2.45) is 0 Å². The first-order valence-corrected chi connectivity index (χ1v) is 8.29. The van der Waals surface area contributed by atoms with Crippen LogP contribution >= 0.6 is 11.6 Å². The van der Waals surface area contributed by atoms with Crippen LogP contribution in [-0.4, -0.2) is 27.2 Å². The molecule has 1 aliphatic heterocycles. The van der Waals surface area contributed by atoms with Crippen molar-refractivity contribution in [2.45, 2.75) is 32.5 Å². The van der Waals surface area contributed by atoms with Crippen molar-refractivity contribution in [3.05, 3.63) is 56.5 Å². The van der Waals surface area contributed by atoms with E-state index < -0.39 is 34.3 Å². The van der Waals surface area contributed by atoms with Crippen molar-refractivity contribution in [2.75, 3.05) is 6.61 Å². The van der Waals surface area contributed by atoms with E-state index in [2.05, 4.69) is 10.3 Å². The van der Waals surface area contributed by atoms with Crippen LogP contribution in [0.3, 0.4) is 0 Å². The highest BCUT2D eigenvalue weighted by atomic mass is 35.5. The zero-order valence-electron chi connectivity index (χ0n) is 14.2. The summed E-state index contributed by atoms with van der Waals surface area (Å²) in [6, 6.07) is 3.95. The molecule has 3 rings (SSSR count). The summed E-state index contributed by atoms with van der Waals surface area (Å²) in [7, 11) is 0. The van der Waals surface area contributed by atoms with Gasteiger partial charge < -0.3 is 15.2 Å². The average Bonchev–Trinajstić information content (AvgIpc) is 2.58. The summed E-state index contributed by atoms with van der Waals surface area (Å²) in [5.74, 6) is -1.85. The predicted molar refractivity (Wildman–Crippen MR) is 91.7 cm³/mol. The topological polar surface area (TPSA) is 93.5 Å². The Balaban J connectivity index is 1.91. The summed E-state index contributed by atoms with van der Waals surface area (Å²) in [6.45, 7) is 3.77. The van der Waals surface area contributed by atoms with Crippen molar-refractivity contribution < 1.29 is 19.0 Å². The van der Waals surface area contributed by atoms with E-state index in [1.54, 1.807) is 13.8 Å². The molecule has 9 heteroatoms. The van der Waals surface area contributed by atoms with Crippen LogP contribution < -0.4 is 10.9 Å². The summed E-state index contributed by atoms with van der Waals surface area (Å²) in [4.78, 5) is 28.9.